The minimum atomic E-state index is -0.425. The molecule has 5 nitrogen and oxygen atoms in total. The van der Waals surface area contributed by atoms with Crippen molar-refractivity contribution in [3.05, 3.63) is 57.5 Å². The predicted octanol–water partition coefficient (Wildman–Crippen LogP) is 3.17. The lowest BCUT2D eigenvalue weighted by Crippen LogP contribution is -2.11. The van der Waals surface area contributed by atoms with Crippen LogP contribution in [0, 0.1) is 0 Å². The van der Waals surface area contributed by atoms with Gasteiger partial charge in [-0.25, -0.2) is 0 Å². The largest absolute Gasteiger partial charge is 0.493 e. The van der Waals surface area contributed by atoms with Gasteiger partial charge < -0.3 is 14.5 Å². The minimum Gasteiger partial charge on any atom is -0.493 e. The van der Waals surface area contributed by atoms with E-state index in [1.165, 1.54) is 6.26 Å². The summed E-state index contributed by atoms with van der Waals surface area (Å²) >= 11 is 3.32. The van der Waals surface area contributed by atoms with Gasteiger partial charge in [-0.3, -0.25) is 4.79 Å². The van der Waals surface area contributed by atoms with Gasteiger partial charge in [0.1, 0.15) is 5.56 Å². The van der Waals surface area contributed by atoms with Gasteiger partial charge in [-0.1, -0.05) is 28.1 Å². The smallest absolute Gasteiger partial charge is 0.263 e. The van der Waals surface area contributed by atoms with E-state index in [-0.39, 0.29) is 17.3 Å². The maximum atomic E-state index is 12.1. The van der Waals surface area contributed by atoms with E-state index in [1.807, 2.05) is 0 Å². The first-order chi connectivity index (χ1) is 9.65. The third kappa shape index (κ3) is 2.25. The van der Waals surface area contributed by atoms with Crippen LogP contribution in [0.3, 0.4) is 0 Å². The zero-order valence-corrected chi connectivity index (χ0v) is 11.7. The molecule has 100 valence electrons. The number of rotatable bonds is 2. The van der Waals surface area contributed by atoms with Gasteiger partial charge in [-0.15, -0.1) is 0 Å². The summed E-state index contributed by atoms with van der Waals surface area (Å²) in [5, 5.41) is 10.0. The second-order valence-electron chi connectivity index (χ2n) is 4.10. The Morgan fingerprint density at radius 1 is 1.20 bits per heavy atom. The van der Waals surface area contributed by atoms with Crippen molar-refractivity contribution >= 4 is 15.9 Å². The lowest BCUT2D eigenvalue weighted by atomic mass is 10.1. The fourth-order valence-corrected chi connectivity index (χ4v) is 2.13. The van der Waals surface area contributed by atoms with Crippen LogP contribution >= 0.6 is 15.9 Å². The van der Waals surface area contributed by atoms with E-state index in [0.717, 1.165) is 4.47 Å². The Hall–Kier alpha value is -2.34. The standard InChI is InChI=1S/C14H9BrN2O3/c15-9-5-3-8(4-6-9)11-13(18)16-12(17-14(11)19)10-2-1-7-20-10/h1-7H,(H2,16,17,18,19). The number of halogens is 1. The number of aromatic amines is 1. The summed E-state index contributed by atoms with van der Waals surface area (Å²) in [5.41, 5.74) is 0.296. The van der Waals surface area contributed by atoms with Crippen molar-refractivity contribution in [1.29, 1.82) is 0 Å². The molecule has 2 aromatic heterocycles. The zero-order valence-electron chi connectivity index (χ0n) is 10.1. The van der Waals surface area contributed by atoms with Crippen molar-refractivity contribution in [2.45, 2.75) is 0 Å². The molecular formula is C14H9BrN2O3. The first-order valence-electron chi connectivity index (χ1n) is 5.78. The van der Waals surface area contributed by atoms with Crippen LogP contribution in [0.5, 0.6) is 5.88 Å². The van der Waals surface area contributed by atoms with Crippen LogP contribution in [0.2, 0.25) is 0 Å². The van der Waals surface area contributed by atoms with Gasteiger partial charge in [-0.05, 0) is 29.8 Å². The molecule has 0 atom stereocenters. The number of furan rings is 1. The molecule has 0 spiro atoms. The minimum absolute atomic E-state index is 0.132. The molecule has 20 heavy (non-hydrogen) atoms. The van der Waals surface area contributed by atoms with Gasteiger partial charge in [0, 0.05) is 4.47 Å². The van der Waals surface area contributed by atoms with Crippen LogP contribution in [-0.2, 0) is 0 Å². The Kier molecular flexibility index (Phi) is 3.15. The summed E-state index contributed by atoms with van der Waals surface area (Å²) in [7, 11) is 0. The van der Waals surface area contributed by atoms with Crippen LogP contribution < -0.4 is 5.56 Å². The van der Waals surface area contributed by atoms with Gasteiger partial charge >= 0.3 is 0 Å². The summed E-state index contributed by atoms with van der Waals surface area (Å²) in [6.45, 7) is 0. The van der Waals surface area contributed by atoms with Crippen molar-refractivity contribution in [2.24, 2.45) is 0 Å². The normalized spacial score (nSPS) is 10.7. The zero-order chi connectivity index (χ0) is 14.1. The summed E-state index contributed by atoms with van der Waals surface area (Å²) in [6.07, 6.45) is 1.47. The molecular weight excluding hydrogens is 324 g/mol. The molecule has 0 aliphatic rings. The number of H-pyrrole nitrogens is 1. The Bertz CT molecular complexity index is 792. The van der Waals surface area contributed by atoms with E-state index in [1.54, 1.807) is 36.4 Å². The van der Waals surface area contributed by atoms with E-state index in [4.69, 9.17) is 4.42 Å². The van der Waals surface area contributed by atoms with Crippen LogP contribution in [0.1, 0.15) is 0 Å². The maximum absolute atomic E-state index is 12.1. The molecule has 2 N–H and O–H groups in total. The predicted molar refractivity (Wildman–Crippen MR) is 77.4 cm³/mol. The molecule has 0 radical (unpaired) electrons. The van der Waals surface area contributed by atoms with Crippen LogP contribution in [0.25, 0.3) is 22.7 Å². The SMILES string of the molecule is O=c1[nH]c(-c2ccco2)nc(O)c1-c1ccc(Br)cc1. The Morgan fingerprint density at radius 2 is 1.95 bits per heavy atom. The molecule has 0 bridgehead atoms. The summed E-state index contributed by atoms with van der Waals surface area (Å²) < 4.78 is 6.03. The van der Waals surface area contributed by atoms with Gasteiger partial charge in [0.2, 0.25) is 5.88 Å². The molecule has 1 aromatic carbocycles. The van der Waals surface area contributed by atoms with Gasteiger partial charge in [-0.2, -0.15) is 4.98 Å². The van der Waals surface area contributed by atoms with E-state index >= 15 is 0 Å². The van der Waals surface area contributed by atoms with Gasteiger partial charge in [0.25, 0.3) is 5.56 Å². The molecule has 0 saturated carbocycles. The van der Waals surface area contributed by atoms with Crippen molar-refractivity contribution in [3.63, 3.8) is 0 Å². The van der Waals surface area contributed by atoms with Crippen molar-refractivity contribution in [3.8, 4) is 28.6 Å². The summed E-state index contributed by atoms with van der Waals surface area (Å²) in [4.78, 5) is 18.7. The molecule has 0 aliphatic heterocycles. The van der Waals surface area contributed by atoms with Crippen LogP contribution in [-0.4, -0.2) is 15.1 Å². The van der Waals surface area contributed by atoms with E-state index in [2.05, 4.69) is 25.9 Å². The maximum Gasteiger partial charge on any atom is 0.263 e. The van der Waals surface area contributed by atoms with Crippen molar-refractivity contribution in [2.75, 3.05) is 0 Å². The van der Waals surface area contributed by atoms with Crippen molar-refractivity contribution < 1.29 is 9.52 Å². The van der Waals surface area contributed by atoms with Crippen LogP contribution in [0.15, 0.2) is 56.3 Å². The quantitative estimate of drug-likeness (QED) is 0.755. The number of nitrogens with one attached hydrogen (secondary N) is 1. The monoisotopic (exact) mass is 332 g/mol. The van der Waals surface area contributed by atoms with Gasteiger partial charge in [0.15, 0.2) is 11.6 Å². The third-order valence-electron chi connectivity index (χ3n) is 2.79. The van der Waals surface area contributed by atoms with Crippen LogP contribution in [0.4, 0.5) is 0 Å². The molecule has 3 rings (SSSR count). The third-order valence-corrected chi connectivity index (χ3v) is 3.32. The number of benzene rings is 1. The molecule has 0 saturated heterocycles. The average molecular weight is 333 g/mol. The highest BCUT2D eigenvalue weighted by molar-refractivity contribution is 9.10. The first-order valence-corrected chi connectivity index (χ1v) is 6.57. The Labute approximate surface area is 122 Å². The van der Waals surface area contributed by atoms with E-state index < -0.39 is 5.56 Å². The molecule has 6 heteroatoms. The highest BCUT2D eigenvalue weighted by atomic mass is 79.9. The fraction of sp³-hybridized carbons (Fsp3) is 0. The van der Waals surface area contributed by atoms with E-state index in [0.29, 0.717) is 11.3 Å². The average Bonchev–Trinajstić information content (AvgIpc) is 2.94. The summed E-state index contributed by atoms with van der Waals surface area (Å²) in [6, 6.07) is 10.3. The van der Waals surface area contributed by atoms with E-state index in [9.17, 15) is 9.90 Å². The molecule has 0 unspecified atom stereocenters. The van der Waals surface area contributed by atoms with Gasteiger partial charge in [0.05, 0.1) is 6.26 Å². The second kappa shape index (κ2) is 4.97. The number of nitrogens with zero attached hydrogens (tertiary/aromatic N) is 1. The first kappa shape index (κ1) is 12.7. The number of hydrogen-bond acceptors (Lipinski definition) is 4. The fourth-order valence-electron chi connectivity index (χ4n) is 1.87. The summed E-state index contributed by atoms with van der Waals surface area (Å²) in [5.74, 6) is 0.251. The lowest BCUT2D eigenvalue weighted by molar-refractivity contribution is 0.452. The lowest BCUT2D eigenvalue weighted by Gasteiger charge is -2.05. The molecule has 0 aliphatic carbocycles. The number of aromatic hydroxyl groups is 1. The molecule has 2 heterocycles. The highest BCUT2D eigenvalue weighted by Gasteiger charge is 2.14. The topological polar surface area (TPSA) is 79.1 Å². The number of hydrogen-bond donors (Lipinski definition) is 2. The molecule has 0 amide bonds. The molecule has 3 aromatic rings. The second-order valence-corrected chi connectivity index (χ2v) is 5.01. The Morgan fingerprint density at radius 3 is 2.55 bits per heavy atom. The number of aromatic nitrogens is 2. The van der Waals surface area contributed by atoms with Crippen molar-refractivity contribution in [1.82, 2.24) is 9.97 Å². The molecule has 0 fully saturated rings. The highest BCUT2D eigenvalue weighted by Crippen LogP contribution is 2.26. The Balaban J connectivity index is 2.14.